The quantitative estimate of drug-likeness (QED) is 0.919. The first kappa shape index (κ1) is 14.2. The number of carbonyl (C=O) groups excluding carboxylic acids is 1. The van der Waals surface area contributed by atoms with Gasteiger partial charge in [-0.1, -0.05) is 17.7 Å². The van der Waals surface area contributed by atoms with Crippen molar-refractivity contribution in [2.45, 2.75) is 6.42 Å². The number of carbonyl (C=O) groups is 1. The third kappa shape index (κ3) is 3.42. The molecule has 1 amide bonds. The fraction of sp³-hybridized carbons (Fsp3) is 0.0769. The van der Waals surface area contributed by atoms with E-state index in [4.69, 9.17) is 22.1 Å². The van der Waals surface area contributed by atoms with Crippen LogP contribution in [0.3, 0.4) is 0 Å². The highest BCUT2D eigenvalue weighted by Crippen LogP contribution is 2.33. The average molecular weight is 295 g/mol. The Hall–Kier alpha value is -2.21. The molecule has 1 aromatic heterocycles. The highest BCUT2D eigenvalue weighted by atomic mass is 35.5. The van der Waals surface area contributed by atoms with Crippen LogP contribution in [0.25, 0.3) is 0 Å². The van der Waals surface area contributed by atoms with Crippen molar-refractivity contribution in [1.29, 1.82) is 0 Å². The number of hydrogen-bond acceptors (Lipinski definition) is 4. The van der Waals surface area contributed by atoms with Gasteiger partial charge in [-0.25, -0.2) is 14.4 Å². The van der Waals surface area contributed by atoms with Crippen molar-refractivity contribution in [3.63, 3.8) is 0 Å². The summed E-state index contributed by atoms with van der Waals surface area (Å²) in [5, 5.41) is 0.0752. The lowest BCUT2D eigenvalue weighted by atomic mass is 10.1. The predicted octanol–water partition coefficient (Wildman–Crippen LogP) is 2.49. The summed E-state index contributed by atoms with van der Waals surface area (Å²) in [4.78, 5) is 18.4. The van der Waals surface area contributed by atoms with Crippen molar-refractivity contribution in [2.24, 2.45) is 5.73 Å². The molecule has 2 rings (SSSR count). The van der Waals surface area contributed by atoms with E-state index in [0.29, 0.717) is 0 Å². The van der Waals surface area contributed by atoms with Crippen LogP contribution in [0.4, 0.5) is 4.39 Å². The molecular formula is C13H10ClFN3O2. The normalized spacial score (nSPS) is 10.3. The molecule has 0 aliphatic carbocycles. The van der Waals surface area contributed by atoms with Crippen LogP contribution in [0.5, 0.6) is 11.8 Å². The largest absolute Gasteiger partial charge is 0.420 e. The minimum Gasteiger partial charge on any atom is -0.420 e. The molecule has 0 saturated carbocycles. The number of benzene rings is 1. The summed E-state index contributed by atoms with van der Waals surface area (Å²) in [6.07, 6.45) is 4.18. The Morgan fingerprint density at radius 3 is 2.75 bits per heavy atom. The topological polar surface area (TPSA) is 78.1 Å². The smallest absolute Gasteiger partial charge is 0.322 e. The summed E-state index contributed by atoms with van der Waals surface area (Å²) in [5.74, 6) is -1.46. The maximum atomic E-state index is 14.2. The van der Waals surface area contributed by atoms with Crippen molar-refractivity contribution in [2.75, 3.05) is 0 Å². The maximum absolute atomic E-state index is 14.2. The zero-order chi connectivity index (χ0) is 14.5. The van der Waals surface area contributed by atoms with E-state index in [1.54, 1.807) is 6.07 Å². The van der Waals surface area contributed by atoms with E-state index in [0.717, 1.165) is 0 Å². The van der Waals surface area contributed by atoms with E-state index in [1.807, 2.05) is 0 Å². The number of nitrogens with zero attached hydrogens (tertiary/aromatic N) is 2. The Morgan fingerprint density at radius 1 is 1.40 bits per heavy atom. The summed E-state index contributed by atoms with van der Waals surface area (Å²) in [6, 6.07) is 4.46. The Labute approximate surface area is 119 Å². The summed E-state index contributed by atoms with van der Waals surface area (Å²) in [6.45, 7) is 0. The number of ether oxygens (including phenoxy) is 1. The van der Waals surface area contributed by atoms with E-state index in [-0.39, 0.29) is 28.8 Å². The van der Waals surface area contributed by atoms with Crippen molar-refractivity contribution in [1.82, 2.24) is 9.97 Å². The molecule has 103 valence electrons. The number of rotatable bonds is 5. The summed E-state index contributed by atoms with van der Waals surface area (Å²) >= 11 is 5.89. The zero-order valence-electron chi connectivity index (χ0n) is 10.2. The summed E-state index contributed by atoms with van der Waals surface area (Å²) in [7, 11) is 0. The number of aromatic nitrogens is 2. The molecule has 0 spiro atoms. The third-order valence-corrected chi connectivity index (χ3v) is 2.64. The number of halogens is 2. The molecule has 0 atom stereocenters. The molecule has 0 bridgehead atoms. The van der Waals surface area contributed by atoms with E-state index >= 15 is 0 Å². The van der Waals surface area contributed by atoms with Crippen LogP contribution in [0.2, 0.25) is 5.02 Å². The van der Waals surface area contributed by atoms with E-state index in [1.165, 1.54) is 30.9 Å². The maximum Gasteiger partial charge on any atom is 0.322 e. The Balaban J connectivity index is 2.27. The molecule has 7 heteroatoms. The minimum absolute atomic E-state index is 0.0275. The lowest BCUT2D eigenvalue weighted by Crippen LogP contribution is -2.10. The lowest BCUT2D eigenvalue weighted by Gasteiger charge is -2.09. The van der Waals surface area contributed by atoms with E-state index < -0.39 is 11.7 Å². The van der Waals surface area contributed by atoms with E-state index in [9.17, 15) is 9.18 Å². The van der Waals surface area contributed by atoms with Crippen molar-refractivity contribution in [3.8, 4) is 11.8 Å². The standard InChI is InChI=1S/C13H10ClFN3O2/c14-9-4-2-8(3-5-10(16)19)11(15)12(9)20-13-17-6-1-7-18-13/h1-4,6-7H,5H2,(H2,16,19). The number of primary amides is 1. The Kier molecular flexibility index (Phi) is 4.47. The molecule has 0 unspecified atom stereocenters. The van der Waals surface area contributed by atoms with Crippen LogP contribution in [0, 0.1) is 12.2 Å². The van der Waals surface area contributed by atoms with Crippen LogP contribution in [0.15, 0.2) is 30.6 Å². The Morgan fingerprint density at radius 2 is 2.10 bits per heavy atom. The second-order valence-corrected chi connectivity index (χ2v) is 4.19. The molecule has 0 aliphatic rings. The minimum atomic E-state index is -0.703. The fourth-order valence-corrected chi connectivity index (χ4v) is 1.62. The first-order valence-corrected chi connectivity index (χ1v) is 6.00. The average Bonchev–Trinajstić information content (AvgIpc) is 2.43. The van der Waals surface area contributed by atoms with Gasteiger partial charge >= 0.3 is 6.01 Å². The van der Waals surface area contributed by atoms with Crippen LogP contribution in [0.1, 0.15) is 12.0 Å². The second kappa shape index (κ2) is 6.29. The van der Waals surface area contributed by atoms with Gasteiger partial charge in [-0.3, -0.25) is 4.79 Å². The molecule has 0 fully saturated rings. The monoisotopic (exact) mass is 294 g/mol. The molecule has 2 aromatic rings. The van der Waals surface area contributed by atoms with Crippen molar-refractivity contribution >= 4 is 17.5 Å². The van der Waals surface area contributed by atoms with Gasteiger partial charge < -0.3 is 10.5 Å². The molecule has 0 saturated heterocycles. The van der Waals surface area contributed by atoms with Gasteiger partial charge in [0.05, 0.1) is 5.02 Å². The van der Waals surface area contributed by atoms with Gasteiger partial charge in [0.1, 0.15) is 0 Å². The molecule has 1 heterocycles. The van der Waals surface area contributed by atoms with Gasteiger partial charge in [0.15, 0.2) is 11.6 Å². The second-order valence-electron chi connectivity index (χ2n) is 3.79. The molecule has 5 nitrogen and oxygen atoms in total. The molecule has 2 N–H and O–H groups in total. The van der Waals surface area contributed by atoms with Crippen LogP contribution in [-0.2, 0) is 4.79 Å². The van der Waals surface area contributed by atoms with Crippen LogP contribution >= 0.6 is 11.6 Å². The lowest BCUT2D eigenvalue weighted by molar-refractivity contribution is -0.117. The van der Waals surface area contributed by atoms with Crippen molar-refractivity contribution in [3.05, 3.63) is 53.4 Å². The zero-order valence-corrected chi connectivity index (χ0v) is 11.0. The Bertz CT molecular complexity index is 623. The predicted molar refractivity (Wildman–Crippen MR) is 70.7 cm³/mol. The molecule has 20 heavy (non-hydrogen) atoms. The van der Waals surface area contributed by atoms with Gasteiger partial charge in [0.2, 0.25) is 5.91 Å². The van der Waals surface area contributed by atoms with Gasteiger partial charge in [-0.05, 0) is 17.7 Å². The molecule has 0 aliphatic heterocycles. The van der Waals surface area contributed by atoms with E-state index in [2.05, 4.69) is 9.97 Å². The highest BCUT2D eigenvalue weighted by molar-refractivity contribution is 6.32. The number of nitrogens with two attached hydrogens (primary N) is 1. The van der Waals surface area contributed by atoms with Crippen molar-refractivity contribution < 1.29 is 13.9 Å². The van der Waals surface area contributed by atoms with Gasteiger partial charge in [-0.15, -0.1) is 0 Å². The van der Waals surface area contributed by atoms with Crippen LogP contribution in [-0.4, -0.2) is 15.9 Å². The SMILES string of the molecule is NC(=O)C[CH]c1ccc(Cl)c(Oc2ncccn2)c1F. The fourth-order valence-electron chi connectivity index (χ4n) is 1.44. The van der Waals surface area contributed by atoms with Gasteiger partial charge in [0, 0.05) is 25.2 Å². The number of hydrogen-bond donors (Lipinski definition) is 1. The summed E-state index contributed by atoms with van der Waals surface area (Å²) in [5.41, 5.74) is 5.18. The first-order valence-electron chi connectivity index (χ1n) is 5.62. The summed E-state index contributed by atoms with van der Waals surface area (Å²) < 4.78 is 19.4. The highest BCUT2D eigenvalue weighted by Gasteiger charge is 2.16. The van der Waals surface area contributed by atoms with Crippen LogP contribution < -0.4 is 10.5 Å². The van der Waals surface area contributed by atoms with Gasteiger partial charge in [0.25, 0.3) is 0 Å². The van der Waals surface area contributed by atoms with Gasteiger partial charge in [-0.2, -0.15) is 0 Å². The third-order valence-electron chi connectivity index (χ3n) is 2.34. The first-order chi connectivity index (χ1) is 9.58. The number of amides is 1. The molecular weight excluding hydrogens is 285 g/mol. The molecule has 1 aromatic carbocycles. The molecule has 1 radical (unpaired) electrons.